The normalized spacial score (nSPS) is 19.9. The lowest BCUT2D eigenvalue weighted by molar-refractivity contribution is -0.385. The molecule has 1 fully saturated rings. The zero-order chi connectivity index (χ0) is 13.1. The summed E-state index contributed by atoms with van der Waals surface area (Å²) in [7, 11) is 0. The van der Waals surface area contributed by atoms with E-state index < -0.39 is 0 Å². The van der Waals surface area contributed by atoms with E-state index in [9.17, 15) is 10.1 Å². The summed E-state index contributed by atoms with van der Waals surface area (Å²) in [6.45, 7) is 3.20. The van der Waals surface area contributed by atoms with Crippen molar-refractivity contribution in [2.45, 2.75) is 18.3 Å². The third kappa shape index (κ3) is 2.80. The monoisotopic (exact) mass is 330 g/mol. The Morgan fingerprint density at radius 3 is 3.00 bits per heavy atom. The van der Waals surface area contributed by atoms with Gasteiger partial charge in [-0.25, -0.2) is 0 Å². The number of anilines is 1. The third-order valence-electron chi connectivity index (χ3n) is 3.10. The van der Waals surface area contributed by atoms with Crippen molar-refractivity contribution in [1.82, 2.24) is 0 Å². The van der Waals surface area contributed by atoms with Gasteiger partial charge in [-0.15, -0.1) is 0 Å². The molecule has 18 heavy (non-hydrogen) atoms. The quantitative estimate of drug-likeness (QED) is 0.484. The molecule has 6 heteroatoms. The van der Waals surface area contributed by atoms with Gasteiger partial charge in [0.1, 0.15) is 0 Å². The molecular formula is C12H15BrN2O2S. The van der Waals surface area contributed by atoms with E-state index in [4.69, 9.17) is 0 Å². The van der Waals surface area contributed by atoms with E-state index in [0.29, 0.717) is 11.4 Å². The number of nitro benzene ring substituents is 1. The Labute approximate surface area is 119 Å². The molecule has 0 radical (unpaired) electrons. The summed E-state index contributed by atoms with van der Waals surface area (Å²) >= 11 is 5.28. The summed E-state index contributed by atoms with van der Waals surface area (Å²) in [5, 5.41) is 11.4. The average molecular weight is 331 g/mol. The lowest BCUT2D eigenvalue weighted by Crippen LogP contribution is -2.40. The average Bonchev–Trinajstić information content (AvgIpc) is 2.38. The lowest BCUT2D eigenvalue weighted by atomic mass is 10.1. The van der Waals surface area contributed by atoms with Gasteiger partial charge < -0.3 is 4.90 Å². The SMILES string of the molecule is CC1CSCCN1c1ccc([N+](=O)[O-])c(CBr)c1. The van der Waals surface area contributed by atoms with Gasteiger partial charge in [0, 0.05) is 46.7 Å². The molecule has 1 unspecified atom stereocenters. The highest BCUT2D eigenvalue weighted by Crippen LogP contribution is 2.30. The Bertz CT molecular complexity index is 456. The van der Waals surface area contributed by atoms with Crippen molar-refractivity contribution in [3.8, 4) is 0 Å². The van der Waals surface area contributed by atoms with Crippen molar-refractivity contribution < 1.29 is 4.92 Å². The Morgan fingerprint density at radius 1 is 1.61 bits per heavy atom. The van der Waals surface area contributed by atoms with Gasteiger partial charge in [-0.05, 0) is 19.1 Å². The third-order valence-corrected chi connectivity index (χ3v) is 4.90. The molecule has 0 amide bonds. The van der Waals surface area contributed by atoms with Gasteiger partial charge in [0.25, 0.3) is 5.69 Å². The minimum Gasteiger partial charge on any atom is -0.367 e. The van der Waals surface area contributed by atoms with Crippen molar-refractivity contribution in [2.24, 2.45) is 0 Å². The van der Waals surface area contributed by atoms with Crippen LogP contribution in [0.2, 0.25) is 0 Å². The molecule has 1 saturated heterocycles. The fourth-order valence-corrected chi connectivity index (χ4v) is 3.61. The lowest BCUT2D eigenvalue weighted by Gasteiger charge is -2.35. The summed E-state index contributed by atoms with van der Waals surface area (Å²) in [6.07, 6.45) is 0. The first kappa shape index (κ1) is 13.7. The first-order valence-corrected chi connectivity index (χ1v) is 8.08. The Balaban J connectivity index is 2.31. The maximum absolute atomic E-state index is 10.9. The second-order valence-corrected chi connectivity index (χ2v) is 6.03. The van der Waals surface area contributed by atoms with Crippen LogP contribution in [0.3, 0.4) is 0 Å². The minimum absolute atomic E-state index is 0.190. The van der Waals surface area contributed by atoms with E-state index in [2.05, 4.69) is 27.8 Å². The summed E-state index contributed by atoms with van der Waals surface area (Å²) in [5.41, 5.74) is 2.01. The molecule has 0 aliphatic carbocycles. The van der Waals surface area contributed by atoms with E-state index in [1.54, 1.807) is 6.07 Å². The largest absolute Gasteiger partial charge is 0.367 e. The Hall–Kier alpha value is -0.750. The zero-order valence-electron chi connectivity index (χ0n) is 10.1. The maximum Gasteiger partial charge on any atom is 0.273 e. The standard InChI is InChI=1S/C12H15BrN2O2S/c1-9-8-18-5-4-14(9)11-2-3-12(15(16)17)10(6-11)7-13/h2-3,6,9H,4-5,7-8H2,1H3. The molecule has 0 bridgehead atoms. The predicted octanol–water partition coefficient (Wildman–Crippen LogP) is 3.43. The van der Waals surface area contributed by atoms with Gasteiger partial charge in [-0.3, -0.25) is 10.1 Å². The van der Waals surface area contributed by atoms with Crippen LogP contribution in [-0.4, -0.2) is 29.0 Å². The molecule has 1 aromatic carbocycles. The topological polar surface area (TPSA) is 46.4 Å². The van der Waals surface area contributed by atoms with Crippen LogP contribution in [-0.2, 0) is 5.33 Å². The molecule has 1 aliphatic rings. The number of nitro groups is 1. The fraction of sp³-hybridized carbons (Fsp3) is 0.500. The van der Waals surface area contributed by atoms with Crippen LogP contribution >= 0.6 is 27.7 Å². The molecule has 4 nitrogen and oxygen atoms in total. The number of rotatable bonds is 3. The van der Waals surface area contributed by atoms with Gasteiger partial charge in [0.05, 0.1) is 4.92 Å². The van der Waals surface area contributed by atoms with E-state index in [1.807, 2.05) is 23.9 Å². The first-order chi connectivity index (χ1) is 8.63. The molecule has 0 aromatic heterocycles. The van der Waals surface area contributed by atoms with Crippen LogP contribution in [0, 0.1) is 10.1 Å². The molecule has 0 saturated carbocycles. The number of benzene rings is 1. The summed E-state index contributed by atoms with van der Waals surface area (Å²) in [4.78, 5) is 12.9. The zero-order valence-corrected chi connectivity index (χ0v) is 12.5. The first-order valence-electron chi connectivity index (χ1n) is 5.81. The number of hydrogen-bond donors (Lipinski definition) is 0. The number of halogens is 1. The van der Waals surface area contributed by atoms with Gasteiger partial charge in [-0.2, -0.15) is 11.8 Å². The number of thioether (sulfide) groups is 1. The molecule has 2 rings (SSSR count). The number of hydrogen-bond acceptors (Lipinski definition) is 4. The van der Waals surface area contributed by atoms with Crippen LogP contribution in [0.1, 0.15) is 12.5 Å². The van der Waals surface area contributed by atoms with Crippen LogP contribution in [0.25, 0.3) is 0 Å². The maximum atomic E-state index is 10.9. The van der Waals surface area contributed by atoms with Crippen molar-refractivity contribution in [2.75, 3.05) is 23.0 Å². The van der Waals surface area contributed by atoms with Crippen molar-refractivity contribution in [3.63, 3.8) is 0 Å². The second-order valence-electron chi connectivity index (χ2n) is 4.32. The van der Waals surface area contributed by atoms with E-state index in [-0.39, 0.29) is 10.6 Å². The number of nitrogens with zero attached hydrogens (tertiary/aromatic N) is 2. The van der Waals surface area contributed by atoms with Crippen LogP contribution < -0.4 is 4.90 Å². The highest BCUT2D eigenvalue weighted by molar-refractivity contribution is 9.08. The Morgan fingerprint density at radius 2 is 2.39 bits per heavy atom. The molecule has 98 valence electrons. The highest BCUT2D eigenvalue weighted by atomic mass is 79.9. The van der Waals surface area contributed by atoms with Crippen molar-refractivity contribution in [3.05, 3.63) is 33.9 Å². The summed E-state index contributed by atoms with van der Waals surface area (Å²) in [6, 6.07) is 5.88. The van der Waals surface area contributed by atoms with Crippen LogP contribution in [0.4, 0.5) is 11.4 Å². The van der Waals surface area contributed by atoms with Crippen LogP contribution in [0.5, 0.6) is 0 Å². The predicted molar refractivity (Wildman–Crippen MR) is 79.9 cm³/mol. The molecular weight excluding hydrogens is 316 g/mol. The van der Waals surface area contributed by atoms with Crippen molar-refractivity contribution in [1.29, 1.82) is 0 Å². The molecule has 0 N–H and O–H groups in total. The summed E-state index contributed by atoms with van der Waals surface area (Å²) in [5.74, 6) is 2.23. The molecule has 1 heterocycles. The number of alkyl halides is 1. The van der Waals surface area contributed by atoms with Gasteiger partial charge in [0.15, 0.2) is 0 Å². The molecule has 1 aromatic rings. The smallest absolute Gasteiger partial charge is 0.273 e. The molecule has 0 spiro atoms. The molecule has 1 aliphatic heterocycles. The van der Waals surface area contributed by atoms with Gasteiger partial charge in [-0.1, -0.05) is 15.9 Å². The van der Waals surface area contributed by atoms with Gasteiger partial charge >= 0.3 is 0 Å². The fourth-order valence-electron chi connectivity index (χ4n) is 2.15. The highest BCUT2D eigenvalue weighted by Gasteiger charge is 2.21. The van der Waals surface area contributed by atoms with E-state index in [0.717, 1.165) is 29.3 Å². The second kappa shape index (κ2) is 5.93. The van der Waals surface area contributed by atoms with Gasteiger partial charge in [0.2, 0.25) is 0 Å². The molecule has 1 atom stereocenters. The van der Waals surface area contributed by atoms with E-state index >= 15 is 0 Å². The van der Waals surface area contributed by atoms with Crippen LogP contribution in [0.15, 0.2) is 18.2 Å². The Kier molecular flexibility index (Phi) is 4.50. The summed E-state index contributed by atoms with van der Waals surface area (Å²) < 4.78 is 0. The van der Waals surface area contributed by atoms with Crippen molar-refractivity contribution >= 4 is 39.1 Å². The minimum atomic E-state index is -0.324. The van der Waals surface area contributed by atoms with E-state index in [1.165, 1.54) is 0 Å².